The van der Waals surface area contributed by atoms with Gasteiger partial charge in [-0.25, -0.2) is 0 Å². The summed E-state index contributed by atoms with van der Waals surface area (Å²) in [7, 11) is 0. The van der Waals surface area contributed by atoms with E-state index in [0.717, 1.165) is 17.4 Å². The van der Waals surface area contributed by atoms with E-state index in [1.54, 1.807) is 24.3 Å². The summed E-state index contributed by atoms with van der Waals surface area (Å²) in [5.74, 6) is -1.83. The molecule has 2 heterocycles. The van der Waals surface area contributed by atoms with Gasteiger partial charge >= 0.3 is 5.97 Å². The van der Waals surface area contributed by atoms with Crippen molar-refractivity contribution in [3.05, 3.63) is 58.2 Å². The van der Waals surface area contributed by atoms with Gasteiger partial charge in [-0.2, -0.15) is 0 Å². The van der Waals surface area contributed by atoms with Crippen molar-refractivity contribution in [3.63, 3.8) is 0 Å². The van der Waals surface area contributed by atoms with Crippen molar-refractivity contribution in [1.82, 2.24) is 9.47 Å². The van der Waals surface area contributed by atoms with Crippen LogP contribution in [0, 0.1) is 0 Å². The average Bonchev–Trinajstić information content (AvgIpc) is 3.09. The topological polar surface area (TPSA) is 79.6 Å². The Hall–Kier alpha value is -2.51. The molecule has 122 valence electrons. The van der Waals surface area contributed by atoms with Crippen LogP contribution in [0.25, 0.3) is 11.8 Å². The highest BCUT2D eigenvalue weighted by Gasteiger charge is 2.36. The first-order valence-electron chi connectivity index (χ1n) is 6.86. The lowest BCUT2D eigenvalue weighted by atomic mass is 10.3. The summed E-state index contributed by atoms with van der Waals surface area (Å²) < 4.78 is 1.83. The Labute approximate surface area is 146 Å². The van der Waals surface area contributed by atoms with Gasteiger partial charge in [0.15, 0.2) is 0 Å². The fourth-order valence-corrected chi connectivity index (χ4v) is 3.20. The van der Waals surface area contributed by atoms with Gasteiger partial charge in [0.05, 0.1) is 4.91 Å². The van der Waals surface area contributed by atoms with Gasteiger partial charge in [0, 0.05) is 22.6 Å². The van der Waals surface area contributed by atoms with Crippen LogP contribution in [-0.2, 0) is 9.59 Å². The third-order valence-electron chi connectivity index (χ3n) is 3.33. The number of carbonyl (C=O) groups excluding carboxylic acids is 2. The largest absolute Gasteiger partial charge is 0.480 e. The molecule has 0 radical (unpaired) electrons. The van der Waals surface area contributed by atoms with Gasteiger partial charge < -0.3 is 9.67 Å². The van der Waals surface area contributed by atoms with Crippen LogP contribution in [-0.4, -0.2) is 38.2 Å². The molecule has 1 aliphatic rings. The Kier molecular flexibility index (Phi) is 4.46. The van der Waals surface area contributed by atoms with Crippen LogP contribution in [0.4, 0.5) is 4.79 Å². The highest BCUT2D eigenvalue weighted by Crippen LogP contribution is 2.32. The van der Waals surface area contributed by atoms with Crippen LogP contribution >= 0.6 is 23.4 Å². The maximum absolute atomic E-state index is 12.2. The predicted octanol–water partition coefficient (Wildman–Crippen LogP) is 3.25. The monoisotopic (exact) mass is 362 g/mol. The number of halogens is 1. The fourth-order valence-electron chi connectivity index (χ4n) is 2.25. The second-order valence-corrected chi connectivity index (χ2v) is 6.37. The molecule has 2 amide bonds. The molecule has 6 nitrogen and oxygen atoms in total. The Bertz CT molecular complexity index is 857. The zero-order valence-corrected chi connectivity index (χ0v) is 13.8. The van der Waals surface area contributed by atoms with Crippen molar-refractivity contribution in [3.8, 4) is 5.69 Å². The number of carboxylic acid groups (broad SMARTS) is 1. The molecule has 0 bridgehead atoms. The number of rotatable bonds is 4. The van der Waals surface area contributed by atoms with E-state index < -0.39 is 23.7 Å². The molecule has 0 aliphatic carbocycles. The van der Waals surface area contributed by atoms with Crippen molar-refractivity contribution in [2.75, 3.05) is 6.54 Å². The number of hydrogen-bond donors (Lipinski definition) is 1. The number of nitrogens with zero attached hydrogens (tertiary/aromatic N) is 2. The molecular weight excluding hydrogens is 352 g/mol. The Morgan fingerprint density at radius 1 is 1.21 bits per heavy atom. The van der Waals surface area contributed by atoms with Gasteiger partial charge in [0.25, 0.3) is 11.1 Å². The van der Waals surface area contributed by atoms with Gasteiger partial charge in [0.2, 0.25) is 0 Å². The quantitative estimate of drug-likeness (QED) is 0.844. The Balaban J connectivity index is 1.92. The summed E-state index contributed by atoms with van der Waals surface area (Å²) in [5.41, 5.74) is 1.54. The van der Waals surface area contributed by atoms with E-state index in [0.29, 0.717) is 15.6 Å². The van der Waals surface area contributed by atoms with Crippen LogP contribution < -0.4 is 0 Å². The summed E-state index contributed by atoms with van der Waals surface area (Å²) in [6.45, 7) is -0.639. The highest BCUT2D eigenvalue weighted by molar-refractivity contribution is 8.18. The van der Waals surface area contributed by atoms with E-state index in [4.69, 9.17) is 16.7 Å². The number of carboxylic acids is 1. The number of aliphatic carboxylic acids is 1. The maximum atomic E-state index is 12.2. The second-order valence-electron chi connectivity index (χ2n) is 4.94. The molecule has 1 aromatic carbocycles. The summed E-state index contributed by atoms with van der Waals surface area (Å²) in [5, 5.41) is 8.81. The van der Waals surface area contributed by atoms with Gasteiger partial charge in [-0.1, -0.05) is 11.6 Å². The van der Waals surface area contributed by atoms with Crippen LogP contribution in [0.3, 0.4) is 0 Å². The van der Waals surface area contributed by atoms with Gasteiger partial charge in [0.1, 0.15) is 6.54 Å². The maximum Gasteiger partial charge on any atom is 0.323 e. The van der Waals surface area contributed by atoms with Gasteiger partial charge in [-0.05, 0) is 54.2 Å². The lowest BCUT2D eigenvalue weighted by Gasteiger charge is -2.08. The normalized spacial score (nSPS) is 16.2. The summed E-state index contributed by atoms with van der Waals surface area (Å²) >= 11 is 6.61. The standard InChI is InChI=1S/C16H11ClN2O4S/c17-10-3-5-11(6-4-10)18-7-1-2-12(18)8-13-15(22)19(9-14(20)21)16(23)24-13/h1-8H,9H2,(H,20,21)/b13-8+. The molecule has 0 spiro atoms. The third kappa shape index (κ3) is 3.22. The molecule has 8 heteroatoms. The van der Waals surface area contributed by atoms with E-state index in [-0.39, 0.29) is 4.91 Å². The lowest BCUT2D eigenvalue weighted by Crippen LogP contribution is -2.33. The van der Waals surface area contributed by atoms with Crippen LogP contribution in [0.1, 0.15) is 5.69 Å². The van der Waals surface area contributed by atoms with E-state index in [2.05, 4.69) is 0 Å². The molecule has 1 fully saturated rings. The molecule has 24 heavy (non-hydrogen) atoms. The third-order valence-corrected chi connectivity index (χ3v) is 4.49. The van der Waals surface area contributed by atoms with E-state index >= 15 is 0 Å². The number of carbonyl (C=O) groups is 3. The number of hydrogen-bond acceptors (Lipinski definition) is 4. The second kappa shape index (κ2) is 6.54. The van der Waals surface area contributed by atoms with Crippen molar-refractivity contribution < 1.29 is 19.5 Å². The van der Waals surface area contributed by atoms with Crippen molar-refractivity contribution in [1.29, 1.82) is 0 Å². The highest BCUT2D eigenvalue weighted by atomic mass is 35.5. The Morgan fingerprint density at radius 3 is 2.58 bits per heavy atom. The van der Waals surface area contributed by atoms with Gasteiger partial charge in [-0.15, -0.1) is 0 Å². The molecule has 0 unspecified atom stereocenters. The molecule has 3 rings (SSSR count). The molecule has 2 aromatic rings. The minimum Gasteiger partial charge on any atom is -0.480 e. The first-order chi connectivity index (χ1) is 11.5. The van der Waals surface area contributed by atoms with E-state index in [9.17, 15) is 14.4 Å². The van der Waals surface area contributed by atoms with Crippen LogP contribution in [0.15, 0.2) is 47.5 Å². The predicted molar refractivity (Wildman–Crippen MR) is 91.1 cm³/mol. The molecule has 1 aliphatic heterocycles. The summed E-state index contributed by atoms with van der Waals surface area (Å²) in [6.07, 6.45) is 3.39. The van der Waals surface area contributed by atoms with Gasteiger partial charge in [-0.3, -0.25) is 19.3 Å². The smallest absolute Gasteiger partial charge is 0.323 e. The molecule has 1 saturated heterocycles. The SMILES string of the molecule is O=C(O)CN1C(=O)S/C(=C/c2cccn2-c2ccc(Cl)cc2)C1=O. The summed E-state index contributed by atoms with van der Waals surface area (Å²) in [4.78, 5) is 35.6. The molecule has 1 aromatic heterocycles. The first-order valence-corrected chi connectivity index (χ1v) is 8.05. The number of thioether (sulfide) groups is 1. The zero-order chi connectivity index (χ0) is 17.3. The Morgan fingerprint density at radius 2 is 1.92 bits per heavy atom. The van der Waals surface area contributed by atoms with Crippen LogP contribution in [0.2, 0.25) is 5.02 Å². The minimum atomic E-state index is -1.23. The van der Waals surface area contributed by atoms with Crippen molar-refractivity contribution in [2.24, 2.45) is 0 Å². The number of amides is 2. The van der Waals surface area contributed by atoms with Crippen LogP contribution in [0.5, 0.6) is 0 Å². The number of imide groups is 1. The molecular formula is C16H11ClN2O4S. The molecule has 1 N–H and O–H groups in total. The van der Waals surface area contributed by atoms with E-state index in [1.807, 2.05) is 29.0 Å². The zero-order valence-electron chi connectivity index (χ0n) is 12.2. The molecule has 0 atom stereocenters. The number of benzene rings is 1. The van der Waals surface area contributed by atoms with E-state index in [1.165, 1.54) is 0 Å². The molecule has 0 saturated carbocycles. The fraction of sp³-hybridized carbons (Fsp3) is 0.0625. The lowest BCUT2D eigenvalue weighted by molar-refractivity contribution is -0.140. The van der Waals surface area contributed by atoms with Crippen molar-refractivity contribution >= 4 is 46.6 Å². The number of aromatic nitrogens is 1. The summed E-state index contributed by atoms with van der Waals surface area (Å²) in [6, 6.07) is 10.8. The minimum absolute atomic E-state index is 0.190. The van der Waals surface area contributed by atoms with Crippen molar-refractivity contribution in [2.45, 2.75) is 0 Å². The average molecular weight is 363 g/mol. The first kappa shape index (κ1) is 16.4.